The normalized spacial score (nSPS) is 16.6. The molecule has 0 aliphatic carbocycles. The zero-order valence-corrected chi connectivity index (χ0v) is 14.9. The molecular formula is C18H21F3N4O2. The SMILES string of the molecule is Cc1oc(-c2cccc(C(F)(F)F)c2)nc1CN1CCN(CC(N)=O)CC1. The lowest BCUT2D eigenvalue weighted by Gasteiger charge is -2.33. The first-order valence-electron chi connectivity index (χ1n) is 8.59. The van der Waals surface area contributed by atoms with Gasteiger partial charge in [0.1, 0.15) is 5.76 Å². The van der Waals surface area contributed by atoms with Crippen molar-refractivity contribution in [2.45, 2.75) is 19.6 Å². The van der Waals surface area contributed by atoms with Crippen LogP contribution in [0.3, 0.4) is 0 Å². The van der Waals surface area contributed by atoms with E-state index in [0.29, 0.717) is 23.6 Å². The molecule has 6 nitrogen and oxygen atoms in total. The van der Waals surface area contributed by atoms with Crippen molar-refractivity contribution in [3.63, 3.8) is 0 Å². The third kappa shape index (κ3) is 4.86. The zero-order valence-electron chi connectivity index (χ0n) is 14.9. The summed E-state index contributed by atoms with van der Waals surface area (Å²) in [7, 11) is 0. The molecule has 1 aliphatic heterocycles. The number of primary amides is 1. The van der Waals surface area contributed by atoms with E-state index in [2.05, 4.69) is 9.88 Å². The Bertz CT molecular complexity index is 811. The van der Waals surface area contributed by atoms with Gasteiger partial charge in [0, 0.05) is 38.3 Å². The predicted molar refractivity (Wildman–Crippen MR) is 92.6 cm³/mol. The quantitative estimate of drug-likeness (QED) is 0.859. The fourth-order valence-electron chi connectivity index (χ4n) is 3.06. The van der Waals surface area contributed by atoms with Crippen LogP contribution in [0.25, 0.3) is 11.5 Å². The first-order chi connectivity index (χ1) is 12.7. The summed E-state index contributed by atoms with van der Waals surface area (Å²) in [5, 5.41) is 0. The van der Waals surface area contributed by atoms with Crippen LogP contribution in [0.2, 0.25) is 0 Å². The predicted octanol–water partition coefficient (Wildman–Crippen LogP) is 2.27. The molecule has 3 rings (SSSR count). The number of amides is 1. The van der Waals surface area contributed by atoms with Crippen LogP contribution in [0, 0.1) is 6.92 Å². The highest BCUT2D eigenvalue weighted by atomic mass is 19.4. The van der Waals surface area contributed by atoms with Crippen molar-refractivity contribution >= 4 is 5.91 Å². The molecule has 1 saturated heterocycles. The number of oxazole rings is 1. The van der Waals surface area contributed by atoms with Crippen LogP contribution >= 0.6 is 0 Å². The van der Waals surface area contributed by atoms with E-state index in [1.54, 1.807) is 13.0 Å². The van der Waals surface area contributed by atoms with Gasteiger partial charge < -0.3 is 10.2 Å². The van der Waals surface area contributed by atoms with E-state index < -0.39 is 11.7 Å². The van der Waals surface area contributed by atoms with Gasteiger partial charge in [-0.25, -0.2) is 4.98 Å². The van der Waals surface area contributed by atoms with Crippen molar-refractivity contribution in [3.8, 4) is 11.5 Å². The second-order valence-corrected chi connectivity index (χ2v) is 6.62. The maximum atomic E-state index is 12.9. The first-order valence-corrected chi connectivity index (χ1v) is 8.59. The number of nitrogens with zero attached hydrogens (tertiary/aromatic N) is 3. The summed E-state index contributed by atoms with van der Waals surface area (Å²) in [5.74, 6) is 0.421. The van der Waals surface area contributed by atoms with Gasteiger partial charge in [-0.2, -0.15) is 13.2 Å². The first kappa shape index (κ1) is 19.4. The molecule has 0 bridgehead atoms. The lowest BCUT2D eigenvalue weighted by Crippen LogP contribution is -2.48. The fourth-order valence-corrected chi connectivity index (χ4v) is 3.06. The van der Waals surface area contributed by atoms with Crippen LogP contribution in [0.4, 0.5) is 13.2 Å². The summed E-state index contributed by atoms with van der Waals surface area (Å²) in [5.41, 5.74) is 5.47. The molecular weight excluding hydrogens is 361 g/mol. The molecule has 1 aromatic carbocycles. The van der Waals surface area contributed by atoms with Gasteiger partial charge in [0.15, 0.2) is 0 Å². The third-order valence-corrected chi connectivity index (χ3v) is 4.55. The Kier molecular flexibility index (Phi) is 5.52. The third-order valence-electron chi connectivity index (χ3n) is 4.55. The Morgan fingerprint density at radius 1 is 1.22 bits per heavy atom. The van der Waals surface area contributed by atoms with Crippen LogP contribution in [0.15, 0.2) is 28.7 Å². The maximum Gasteiger partial charge on any atom is 0.416 e. The molecule has 1 fully saturated rings. The van der Waals surface area contributed by atoms with E-state index in [1.165, 1.54) is 6.07 Å². The number of hydrogen-bond donors (Lipinski definition) is 1. The van der Waals surface area contributed by atoms with Gasteiger partial charge in [0.2, 0.25) is 11.8 Å². The number of carbonyl (C=O) groups excluding carboxylic acids is 1. The van der Waals surface area contributed by atoms with E-state index >= 15 is 0 Å². The topological polar surface area (TPSA) is 75.6 Å². The van der Waals surface area contributed by atoms with Crippen molar-refractivity contribution < 1.29 is 22.4 Å². The van der Waals surface area contributed by atoms with Crippen molar-refractivity contribution in [1.29, 1.82) is 0 Å². The molecule has 1 aromatic heterocycles. The van der Waals surface area contributed by atoms with Gasteiger partial charge >= 0.3 is 6.18 Å². The number of piperazine rings is 1. The molecule has 0 saturated carbocycles. The zero-order chi connectivity index (χ0) is 19.6. The minimum absolute atomic E-state index is 0.181. The molecule has 9 heteroatoms. The lowest BCUT2D eigenvalue weighted by molar-refractivity contribution is -0.137. The van der Waals surface area contributed by atoms with E-state index in [1.807, 2.05) is 4.90 Å². The van der Waals surface area contributed by atoms with Crippen LogP contribution in [0.1, 0.15) is 17.0 Å². The average Bonchev–Trinajstić information content (AvgIpc) is 2.96. The number of aromatic nitrogens is 1. The number of benzene rings is 1. The number of halogens is 3. The minimum atomic E-state index is -4.41. The summed E-state index contributed by atoms with van der Waals surface area (Å²) in [6, 6.07) is 4.95. The number of hydrogen-bond acceptors (Lipinski definition) is 5. The van der Waals surface area contributed by atoms with Gasteiger partial charge in [-0.05, 0) is 25.1 Å². The standard InChI is InChI=1S/C18H21F3N4O2/c1-12-15(10-24-5-7-25(8-6-24)11-16(22)26)23-17(27-12)13-3-2-4-14(9-13)18(19,20)21/h2-4,9H,5-8,10-11H2,1H3,(H2,22,26). The van der Waals surface area contributed by atoms with Crippen LogP contribution in [0.5, 0.6) is 0 Å². The molecule has 0 radical (unpaired) electrons. The van der Waals surface area contributed by atoms with Gasteiger partial charge in [-0.3, -0.25) is 14.6 Å². The summed E-state index contributed by atoms with van der Waals surface area (Å²) >= 11 is 0. The van der Waals surface area contributed by atoms with E-state index in [9.17, 15) is 18.0 Å². The second kappa shape index (κ2) is 7.69. The van der Waals surface area contributed by atoms with E-state index in [-0.39, 0.29) is 18.3 Å². The molecule has 1 aliphatic rings. The Morgan fingerprint density at radius 2 is 1.89 bits per heavy atom. The molecule has 146 valence electrons. The number of aryl methyl sites for hydroxylation is 1. The smallest absolute Gasteiger partial charge is 0.416 e. The molecule has 27 heavy (non-hydrogen) atoms. The molecule has 2 aromatic rings. The van der Waals surface area contributed by atoms with Gasteiger partial charge in [0.05, 0.1) is 17.8 Å². The molecule has 0 unspecified atom stereocenters. The van der Waals surface area contributed by atoms with Gasteiger partial charge in [-0.15, -0.1) is 0 Å². The van der Waals surface area contributed by atoms with Crippen molar-refractivity contribution in [2.24, 2.45) is 5.73 Å². The number of rotatable bonds is 5. The van der Waals surface area contributed by atoms with Crippen LogP contribution in [-0.2, 0) is 17.5 Å². The maximum absolute atomic E-state index is 12.9. The van der Waals surface area contributed by atoms with Crippen LogP contribution in [-0.4, -0.2) is 53.4 Å². The molecule has 0 spiro atoms. The van der Waals surface area contributed by atoms with E-state index in [0.717, 1.165) is 38.3 Å². The fraction of sp³-hybridized carbons (Fsp3) is 0.444. The lowest BCUT2D eigenvalue weighted by atomic mass is 10.1. The molecule has 2 heterocycles. The highest BCUT2D eigenvalue weighted by molar-refractivity contribution is 5.75. The number of carbonyl (C=O) groups is 1. The average molecular weight is 382 g/mol. The van der Waals surface area contributed by atoms with Gasteiger partial charge in [0.25, 0.3) is 0 Å². The second-order valence-electron chi connectivity index (χ2n) is 6.62. The Hall–Kier alpha value is -2.39. The highest BCUT2D eigenvalue weighted by Gasteiger charge is 2.31. The Balaban J connectivity index is 1.68. The number of alkyl halides is 3. The van der Waals surface area contributed by atoms with E-state index in [4.69, 9.17) is 10.2 Å². The summed E-state index contributed by atoms with van der Waals surface area (Å²) in [6.45, 7) is 5.48. The minimum Gasteiger partial charge on any atom is -0.441 e. The monoisotopic (exact) mass is 382 g/mol. The molecule has 2 N–H and O–H groups in total. The highest BCUT2D eigenvalue weighted by Crippen LogP contribution is 2.32. The Labute approximate surface area is 154 Å². The van der Waals surface area contributed by atoms with Crippen molar-refractivity contribution in [2.75, 3.05) is 32.7 Å². The van der Waals surface area contributed by atoms with Crippen molar-refractivity contribution in [1.82, 2.24) is 14.8 Å². The summed E-state index contributed by atoms with van der Waals surface area (Å²) in [4.78, 5) is 19.5. The number of nitrogens with two attached hydrogens (primary N) is 1. The molecule has 1 amide bonds. The van der Waals surface area contributed by atoms with Gasteiger partial charge in [-0.1, -0.05) is 6.07 Å². The largest absolute Gasteiger partial charge is 0.441 e. The summed E-state index contributed by atoms with van der Waals surface area (Å²) in [6.07, 6.45) is -4.41. The van der Waals surface area contributed by atoms with Crippen molar-refractivity contribution in [3.05, 3.63) is 41.3 Å². The molecule has 0 atom stereocenters. The Morgan fingerprint density at radius 3 is 2.52 bits per heavy atom. The van der Waals surface area contributed by atoms with Crippen LogP contribution < -0.4 is 5.73 Å². The summed E-state index contributed by atoms with van der Waals surface area (Å²) < 4.78 is 44.3.